The van der Waals surface area contributed by atoms with Crippen LogP contribution in [0.1, 0.15) is 13.8 Å². The van der Waals surface area contributed by atoms with Crippen LogP contribution in [0.15, 0.2) is 24.3 Å². The van der Waals surface area contributed by atoms with E-state index in [0.717, 1.165) is 11.6 Å². The molecule has 0 bridgehead atoms. The van der Waals surface area contributed by atoms with Crippen LogP contribution >= 0.6 is 11.8 Å². The highest BCUT2D eigenvalue weighted by Gasteiger charge is 2.22. The van der Waals surface area contributed by atoms with Crippen molar-refractivity contribution in [2.75, 3.05) is 22.3 Å². The lowest BCUT2D eigenvalue weighted by Gasteiger charge is -2.12. The van der Waals surface area contributed by atoms with E-state index in [0.29, 0.717) is 11.4 Å². The fraction of sp³-hybridized carbons (Fsp3) is 0.429. The van der Waals surface area contributed by atoms with Crippen molar-refractivity contribution in [3.05, 3.63) is 24.3 Å². The van der Waals surface area contributed by atoms with Crippen LogP contribution in [0.3, 0.4) is 0 Å². The van der Waals surface area contributed by atoms with Crippen LogP contribution in [-0.4, -0.2) is 29.5 Å². The maximum Gasteiger partial charge on any atom is 0.242 e. The normalized spacial score (nSPS) is 18.1. The van der Waals surface area contributed by atoms with Gasteiger partial charge in [-0.1, -0.05) is 19.9 Å². The number of nitrogens with one attached hydrogen (secondary N) is 3. The Morgan fingerprint density at radius 3 is 2.60 bits per heavy atom. The van der Waals surface area contributed by atoms with E-state index in [2.05, 4.69) is 16.0 Å². The molecular formula is C14H19N3O2S. The van der Waals surface area contributed by atoms with Crippen LogP contribution in [0.4, 0.5) is 11.4 Å². The van der Waals surface area contributed by atoms with Gasteiger partial charge in [0.05, 0.1) is 6.04 Å². The van der Waals surface area contributed by atoms with Crippen molar-refractivity contribution >= 4 is 35.0 Å². The largest absolute Gasteiger partial charge is 0.326 e. The van der Waals surface area contributed by atoms with E-state index in [-0.39, 0.29) is 23.8 Å². The van der Waals surface area contributed by atoms with Crippen LogP contribution in [-0.2, 0) is 9.59 Å². The van der Waals surface area contributed by atoms with Crippen molar-refractivity contribution in [2.24, 2.45) is 5.92 Å². The molecule has 0 saturated carbocycles. The molecule has 3 N–H and O–H groups in total. The summed E-state index contributed by atoms with van der Waals surface area (Å²) >= 11 is 1.71. The first-order chi connectivity index (χ1) is 9.56. The Morgan fingerprint density at radius 1 is 1.30 bits per heavy atom. The highest BCUT2D eigenvalue weighted by Crippen LogP contribution is 2.17. The van der Waals surface area contributed by atoms with Crippen molar-refractivity contribution < 1.29 is 9.59 Å². The number of carbonyl (C=O) groups is 2. The average Bonchev–Trinajstić information content (AvgIpc) is 2.92. The third-order valence-electron chi connectivity index (χ3n) is 2.95. The van der Waals surface area contributed by atoms with Crippen molar-refractivity contribution in [3.8, 4) is 0 Å². The summed E-state index contributed by atoms with van der Waals surface area (Å²) in [5.74, 6) is 1.44. The Kier molecular flexibility index (Phi) is 5.03. The van der Waals surface area contributed by atoms with Gasteiger partial charge in [0.2, 0.25) is 11.8 Å². The molecule has 1 aliphatic rings. The van der Waals surface area contributed by atoms with Gasteiger partial charge < -0.3 is 10.6 Å². The minimum Gasteiger partial charge on any atom is -0.326 e. The summed E-state index contributed by atoms with van der Waals surface area (Å²) in [6, 6.07) is 7.04. The molecule has 0 aromatic heterocycles. The van der Waals surface area contributed by atoms with Gasteiger partial charge in [-0.15, -0.1) is 11.8 Å². The summed E-state index contributed by atoms with van der Waals surface area (Å²) < 4.78 is 0. The van der Waals surface area contributed by atoms with E-state index < -0.39 is 0 Å². The molecule has 2 amide bonds. The van der Waals surface area contributed by atoms with Gasteiger partial charge >= 0.3 is 0 Å². The van der Waals surface area contributed by atoms with Gasteiger partial charge in [-0.05, 0) is 18.2 Å². The molecule has 20 heavy (non-hydrogen) atoms. The highest BCUT2D eigenvalue weighted by molar-refractivity contribution is 7.99. The minimum absolute atomic E-state index is 0.0395. The summed E-state index contributed by atoms with van der Waals surface area (Å²) in [6.45, 7) is 3.68. The molecule has 0 spiro atoms. The molecule has 6 heteroatoms. The summed E-state index contributed by atoms with van der Waals surface area (Å²) in [5.41, 5.74) is 1.38. The number of amides is 2. The molecule has 1 aromatic rings. The fourth-order valence-electron chi connectivity index (χ4n) is 1.75. The van der Waals surface area contributed by atoms with Gasteiger partial charge in [0.25, 0.3) is 0 Å². The van der Waals surface area contributed by atoms with E-state index in [1.807, 2.05) is 26.0 Å². The maximum absolute atomic E-state index is 12.0. The zero-order valence-corrected chi connectivity index (χ0v) is 12.4. The Balaban J connectivity index is 1.98. The molecule has 5 nitrogen and oxygen atoms in total. The fourth-order valence-corrected chi connectivity index (χ4v) is 2.70. The van der Waals surface area contributed by atoms with Crippen LogP contribution in [0.25, 0.3) is 0 Å². The minimum atomic E-state index is -0.145. The predicted octanol–water partition coefficient (Wildman–Crippen LogP) is 1.88. The van der Waals surface area contributed by atoms with Crippen LogP contribution in [0, 0.1) is 5.92 Å². The summed E-state index contributed by atoms with van der Waals surface area (Å²) in [6.07, 6.45) is 0. The number of rotatable bonds is 4. The topological polar surface area (TPSA) is 70.2 Å². The number of hydrogen-bond donors (Lipinski definition) is 3. The molecule has 1 aliphatic heterocycles. The van der Waals surface area contributed by atoms with Gasteiger partial charge in [-0.2, -0.15) is 0 Å². The zero-order chi connectivity index (χ0) is 14.5. The summed E-state index contributed by atoms with van der Waals surface area (Å²) in [4.78, 5) is 23.6. The molecule has 1 saturated heterocycles. The first kappa shape index (κ1) is 14.9. The Labute approximate surface area is 122 Å². The van der Waals surface area contributed by atoms with E-state index in [1.165, 1.54) is 0 Å². The molecule has 1 aromatic carbocycles. The number of carbonyl (C=O) groups excluding carboxylic acids is 2. The lowest BCUT2D eigenvalue weighted by molar-refractivity contribution is -0.119. The zero-order valence-electron chi connectivity index (χ0n) is 11.6. The predicted molar refractivity (Wildman–Crippen MR) is 82.8 cm³/mol. The van der Waals surface area contributed by atoms with Gasteiger partial charge in [0.15, 0.2) is 0 Å². The van der Waals surface area contributed by atoms with E-state index in [1.54, 1.807) is 23.9 Å². The van der Waals surface area contributed by atoms with Gasteiger partial charge in [0.1, 0.15) is 0 Å². The number of hydrogen-bond acceptors (Lipinski definition) is 4. The Morgan fingerprint density at radius 2 is 2.00 bits per heavy atom. The molecule has 1 atom stereocenters. The average molecular weight is 293 g/mol. The van der Waals surface area contributed by atoms with Gasteiger partial charge in [-0.25, -0.2) is 0 Å². The Bertz CT molecular complexity index is 499. The highest BCUT2D eigenvalue weighted by atomic mass is 32.2. The van der Waals surface area contributed by atoms with Crippen LogP contribution < -0.4 is 16.0 Å². The van der Waals surface area contributed by atoms with E-state index in [9.17, 15) is 9.59 Å². The Hall–Kier alpha value is -1.53. The van der Waals surface area contributed by atoms with E-state index >= 15 is 0 Å². The quantitative estimate of drug-likeness (QED) is 0.793. The second-order valence-electron chi connectivity index (χ2n) is 4.99. The molecule has 108 valence electrons. The molecule has 1 fully saturated rings. The van der Waals surface area contributed by atoms with Crippen molar-refractivity contribution in [1.29, 1.82) is 0 Å². The molecule has 0 radical (unpaired) electrons. The number of benzene rings is 1. The third kappa shape index (κ3) is 3.98. The van der Waals surface area contributed by atoms with Gasteiger partial charge in [0, 0.05) is 28.9 Å². The maximum atomic E-state index is 12.0. The second-order valence-corrected chi connectivity index (χ2v) is 6.02. The van der Waals surface area contributed by atoms with Crippen LogP contribution in [0.5, 0.6) is 0 Å². The molecule has 0 aliphatic carbocycles. The van der Waals surface area contributed by atoms with E-state index in [4.69, 9.17) is 0 Å². The van der Waals surface area contributed by atoms with Crippen molar-refractivity contribution in [3.63, 3.8) is 0 Å². The van der Waals surface area contributed by atoms with Gasteiger partial charge in [-0.3, -0.25) is 14.9 Å². The lowest BCUT2D eigenvalue weighted by atomic mass is 10.2. The smallest absolute Gasteiger partial charge is 0.242 e. The summed E-state index contributed by atoms with van der Waals surface area (Å²) in [5, 5.41) is 8.79. The third-order valence-corrected chi connectivity index (χ3v) is 3.89. The van der Waals surface area contributed by atoms with Crippen molar-refractivity contribution in [1.82, 2.24) is 5.32 Å². The summed E-state index contributed by atoms with van der Waals surface area (Å²) in [7, 11) is 0. The SMILES string of the molecule is CC(C)C(=O)Nc1cccc(NC(=O)C2CSCN2)c1. The van der Waals surface area contributed by atoms with Crippen molar-refractivity contribution in [2.45, 2.75) is 19.9 Å². The monoisotopic (exact) mass is 293 g/mol. The molecule has 1 heterocycles. The van der Waals surface area contributed by atoms with Crippen LogP contribution in [0.2, 0.25) is 0 Å². The number of thioether (sulfide) groups is 1. The second kappa shape index (κ2) is 6.76. The molecular weight excluding hydrogens is 274 g/mol. The standard InChI is InChI=1S/C14H19N3O2S/c1-9(2)13(18)16-10-4-3-5-11(6-10)17-14(19)12-7-20-8-15-12/h3-6,9,12,15H,7-8H2,1-2H3,(H,16,18)(H,17,19). The molecule has 2 rings (SSSR count). The number of anilines is 2. The first-order valence-corrected chi connectivity index (χ1v) is 7.74. The molecule has 1 unspecified atom stereocenters. The lowest BCUT2D eigenvalue weighted by Crippen LogP contribution is -2.37. The first-order valence-electron chi connectivity index (χ1n) is 6.59.